The molecule has 1 saturated heterocycles. The summed E-state index contributed by atoms with van der Waals surface area (Å²) in [5.41, 5.74) is 1.07. The van der Waals surface area contributed by atoms with Crippen LogP contribution in [0.3, 0.4) is 0 Å². The van der Waals surface area contributed by atoms with Gasteiger partial charge in [-0.2, -0.15) is 23.4 Å². The minimum absolute atomic E-state index is 0.0194. The van der Waals surface area contributed by atoms with Crippen LogP contribution < -0.4 is 15.1 Å². The molecule has 1 aromatic heterocycles. The van der Waals surface area contributed by atoms with Crippen molar-refractivity contribution >= 4 is 46.3 Å². The highest BCUT2D eigenvalue weighted by atomic mass is 35.5. The molecule has 0 atom stereocenters. The minimum Gasteiger partial charge on any atom is -0.368 e. The van der Waals surface area contributed by atoms with Gasteiger partial charge in [-0.05, 0) is 42.5 Å². The summed E-state index contributed by atoms with van der Waals surface area (Å²) in [6, 6.07) is 13.9. The van der Waals surface area contributed by atoms with Gasteiger partial charge in [0, 0.05) is 43.8 Å². The van der Waals surface area contributed by atoms with Gasteiger partial charge in [0.25, 0.3) is 0 Å². The van der Waals surface area contributed by atoms with Gasteiger partial charge in [0.2, 0.25) is 5.95 Å². The van der Waals surface area contributed by atoms with Crippen molar-refractivity contribution in [1.29, 1.82) is 5.26 Å². The lowest BCUT2D eigenvalue weighted by Gasteiger charge is -2.37. The number of nitrogens with zero attached hydrogens (tertiary/aromatic N) is 5. The molecule has 0 unspecified atom stereocenters. The third-order valence-corrected chi connectivity index (χ3v) is 5.93. The molecule has 0 amide bonds. The number of benzene rings is 2. The Labute approximate surface area is 198 Å². The van der Waals surface area contributed by atoms with Crippen LogP contribution in [-0.4, -0.2) is 36.1 Å². The quantitative estimate of drug-likeness (QED) is 0.500. The monoisotopic (exact) mass is 492 g/mol. The fourth-order valence-electron chi connectivity index (χ4n) is 3.50. The van der Waals surface area contributed by atoms with E-state index >= 15 is 0 Å². The molecule has 1 N–H and O–H groups in total. The highest BCUT2D eigenvalue weighted by Gasteiger charge is 2.37. The number of alkyl halides is 3. The van der Waals surface area contributed by atoms with Gasteiger partial charge in [-0.1, -0.05) is 23.2 Å². The summed E-state index contributed by atoms with van der Waals surface area (Å²) in [6.45, 7) is 1.68. The summed E-state index contributed by atoms with van der Waals surface area (Å²) < 4.78 is 41.0. The topological polar surface area (TPSA) is 68.1 Å². The van der Waals surface area contributed by atoms with Crippen molar-refractivity contribution in [2.24, 2.45) is 0 Å². The molecule has 2 aromatic carbocycles. The Bertz CT molecular complexity index is 1190. The number of anilines is 4. The SMILES string of the molecule is N#Cc1ccc(N2CCN(c3nc(Nc4ccc(Cl)c(Cl)c4)ncc3C(F)(F)F)CC2)cc1. The van der Waals surface area contributed by atoms with Gasteiger partial charge >= 0.3 is 6.18 Å². The van der Waals surface area contributed by atoms with E-state index in [1.54, 1.807) is 35.2 Å². The molecule has 6 nitrogen and oxygen atoms in total. The van der Waals surface area contributed by atoms with Gasteiger partial charge in [0.1, 0.15) is 11.4 Å². The molecule has 11 heteroatoms. The highest BCUT2D eigenvalue weighted by Crippen LogP contribution is 2.36. The molecule has 0 aliphatic carbocycles. The van der Waals surface area contributed by atoms with Crippen molar-refractivity contribution in [2.45, 2.75) is 6.18 Å². The van der Waals surface area contributed by atoms with E-state index in [4.69, 9.17) is 28.5 Å². The normalized spacial score (nSPS) is 14.2. The lowest BCUT2D eigenvalue weighted by Crippen LogP contribution is -2.47. The zero-order valence-corrected chi connectivity index (χ0v) is 18.6. The molecule has 0 bridgehead atoms. The summed E-state index contributed by atoms with van der Waals surface area (Å²) in [6.07, 6.45) is -3.81. The van der Waals surface area contributed by atoms with Crippen molar-refractivity contribution in [3.05, 3.63) is 69.8 Å². The molecule has 1 aliphatic heterocycles. The largest absolute Gasteiger partial charge is 0.421 e. The molecule has 33 heavy (non-hydrogen) atoms. The fourth-order valence-corrected chi connectivity index (χ4v) is 3.80. The number of aromatic nitrogens is 2. The lowest BCUT2D eigenvalue weighted by atomic mass is 10.2. The van der Waals surface area contributed by atoms with Crippen molar-refractivity contribution in [3.63, 3.8) is 0 Å². The Balaban J connectivity index is 1.55. The first-order chi connectivity index (χ1) is 15.7. The average molecular weight is 493 g/mol. The van der Waals surface area contributed by atoms with Gasteiger partial charge in [0.15, 0.2) is 0 Å². The summed E-state index contributed by atoms with van der Waals surface area (Å²) in [4.78, 5) is 11.7. The van der Waals surface area contributed by atoms with Crippen LogP contribution in [-0.2, 0) is 6.18 Å². The van der Waals surface area contributed by atoms with Gasteiger partial charge in [-0.3, -0.25) is 0 Å². The Morgan fingerprint density at radius 2 is 1.61 bits per heavy atom. The summed E-state index contributed by atoms with van der Waals surface area (Å²) in [7, 11) is 0. The second-order valence-corrected chi connectivity index (χ2v) is 8.13. The third kappa shape index (κ3) is 5.24. The molecule has 0 saturated carbocycles. The van der Waals surface area contributed by atoms with Crippen LogP contribution in [0.2, 0.25) is 10.0 Å². The van der Waals surface area contributed by atoms with Crippen molar-refractivity contribution in [3.8, 4) is 6.07 Å². The number of nitrogens with one attached hydrogen (secondary N) is 1. The molecule has 2 heterocycles. The zero-order chi connectivity index (χ0) is 23.6. The highest BCUT2D eigenvalue weighted by molar-refractivity contribution is 6.42. The van der Waals surface area contributed by atoms with Crippen LogP contribution in [0.5, 0.6) is 0 Å². The number of nitriles is 1. The van der Waals surface area contributed by atoms with E-state index in [0.717, 1.165) is 11.9 Å². The number of hydrogen-bond donors (Lipinski definition) is 1. The third-order valence-electron chi connectivity index (χ3n) is 5.19. The lowest BCUT2D eigenvalue weighted by molar-refractivity contribution is -0.137. The first kappa shape index (κ1) is 23.0. The molecule has 0 radical (unpaired) electrons. The van der Waals surface area contributed by atoms with Gasteiger partial charge < -0.3 is 15.1 Å². The van der Waals surface area contributed by atoms with Crippen LogP contribution in [0.15, 0.2) is 48.7 Å². The summed E-state index contributed by atoms with van der Waals surface area (Å²) in [5.74, 6) is -0.162. The second-order valence-electron chi connectivity index (χ2n) is 7.32. The summed E-state index contributed by atoms with van der Waals surface area (Å²) in [5, 5.41) is 12.5. The van der Waals surface area contributed by atoms with Gasteiger partial charge in [-0.25, -0.2) is 4.98 Å². The predicted molar refractivity (Wildman–Crippen MR) is 122 cm³/mol. The first-order valence-electron chi connectivity index (χ1n) is 9.91. The van der Waals surface area contributed by atoms with E-state index in [1.165, 1.54) is 0 Å². The maximum Gasteiger partial charge on any atom is 0.421 e. The second kappa shape index (κ2) is 9.33. The molecule has 4 rings (SSSR count). The Kier molecular flexibility index (Phi) is 6.49. The Hall–Kier alpha value is -3.22. The molecule has 1 fully saturated rings. The van der Waals surface area contributed by atoms with Crippen LogP contribution in [0.25, 0.3) is 0 Å². The van der Waals surface area contributed by atoms with E-state index < -0.39 is 11.7 Å². The number of hydrogen-bond acceptors (Lipinski definition) is 6. The van der Waals surface area contributed by atoms with Crippen LogP contribution in [0.4, 0.5) is 36.3 Å². The van der Waals surface area contributed by atoms with Gasteiger partial charge in [0.05, 0.1) is 21.7 Å². The van der Waals surface area contributed by atoms with E-state index in [0.29, 0.717) is 47.5 Å². The predicted octanol–water partition coefficient (Wildman–Crippen LogP) is 5.74. The van der Waals surface area contributed by atoms with Crippen molar-refractivity contribution < 1.29 is 13.2 Å². The number of rotatable bonds is 4. The van der Waals surface area contributed by atoms with E-state index in [9.17, 15) is 13.2 Å². The zero-order valence-electron chi connectivity index (χ0n) is 17.1. The minimum atomic E-state index is -4.60. The van der Waals surface area contributed by atoms with E-state index in [1.807, 2.05) is 12.1 Å². The standard InChI is InChI=1S/C22H17Cl2F3N6/c23-18-6-3-15(11-19(18)24)30-21-29-13-17(22(25,26)27)20(31-21)33-9-7-32(8-10-33)16-4-1-14(12-28)2-5-16/h1-6,11,13H,7-10H2,(H,29,30,31). The van der Waals surface area contributed by atoms with E-state index in [-0.39, 0.29) is 11.8 Å². The van der Waals surface area contributed by atoms with Crippen molar-refractivity contribution in [2.75, 3.05) is 41.3 Å². The fraction of sp³-hybridized carbons (Fsp3) is 0.227. The molecule has 1 aliphatic rings. The smallest absolute Gasteiger partial charge is 0.368 e. The van der Waals surface area contributed by atoms with Crippen molar-refractivity contribution in [1.82, 2.24) is 9.97 Å². The molecule has 170 valence electrons. The maximum absolute atomic E-state index is 13.7. The number of piperazine rings is 1. The maximum atomic E-state index is 13.7. The Morgan fingerprint density at radius 1 is 0.939 bits per heavy atom. The summed E-state index contributed by atoms with van der Waals surface area (Å²) >= 11 is 11.9. The van der Waals surface area contributed by atoms with Crippen LogP contribution in [0, 0.1) is 11.3 Å². The first-order valence-corrected chi connectivity index (χ1v) is 10.7. The van der Waals surface area contributed by atoms with Crippen LogP contribution in [0.1, 0.15) is 11.1 Å². The van der Waals surface area contributed by atoms with E-state index in [2.05, 4.69) is 26.3 Å². The van der Waals surface area contributed by atoms with Crippen LogP contribution >= 0.6 is 23.2 Å². The number of halogens is 5. The van der Waals surface area contributed by atoms with Gasteiger partial charge in [-0.15, -0.1) is 0 Å². The molecule has 3 aromatic rings. The molecular weight excluding hydrogens is 476 g/mol. The molecular formula is C22H17Cl2F3N6. The average Bonchev–Trinajstić information content (AvgIpc) is 2.81. The Morgan fingerprint density at radius 3 is 2.21 bits per heavy atom. The molecule has 0 spiro atoms.